The molecular formula is C16H20N3O+. The van der Waals surface area contributed by atoms with Gasteiger partial charge in [0.25, 0.3) is 5.96 Å². The van der Waals surface area contributed by atoms with Gasteiger partial charge in [-0.1, -0.05) is 30.3 Å². The number of nitrogens with two attached hydrogens (primary N) is 1. The van der Waals surface area contributed by atoms with E-state index in [1.54, 1.807) is 7.11 Å². The first kappa shape index (κ1) is 14.1. The van der Waals surface area contributed by atoms with E-state index in [9.17, 15) is 0 Å². The van der Waals surface area contributed by atoms with Gasteiger partial charge in [-0.2, -0.15) is 0 Å². The number of rotatable bonds is 3. The molecule has 0 radical (unpaired) electrons. The van der Waals surface area contributed by atoms with Crippen molar-refractivity contribution in [3.05, 3.63) is 48.5 Å². The van der Waals surface area contributed by atoms with E-state index < -0.39 is 0 Å². The second-order valence-electron chi connectivity index (χ2n) is 5.09. The van der Waals surface area contributed by atoms with E-state index in [-0.39, 0.29) is 10.4 Å². The maximum absolute atomic E-state index is 7.83. The lowest BCUT2D eigenvalue weighted by Gasteiger charge is -2.28. The van der Waals surface area contributed by atoms with Crippen LogP contribution in [0.3, 0.4) is 0 Å². The topological polar surface area (TPSA) is 59.1 Å². The normalized spacial score (nSPS) is 11.2. The molecule has 0 aliphatic rings. The van der Waals surface area contributed by atoms with Crippen molar-refractivity contribution in [2.75, 3.05) is 21.2 Å². The minimum atomic E-state index is 0.0791. The monoisotopic (exact) mass is 270 g/mol. The van der Waals surface area contributed by atoms with Gasteiger partial charge < -0.3 is 10.5 Å². The maximum Gasteiger partial charge on any atom is 0.296 e. The fourth-order valence-electron chi connectivity index (χ4n) is 2.09. The van der Waals surface area contributed by atoms with Crippen LogP contribution < -0.4 is 15.0 Å². The van der Waals surface area contributed by atoms with E-state index in [0.717, 1.165) is 22.6 Å². The Hall–Kier alpha value is -2.33. The van der Waals surface area contributed by atoms with Gasteiger partial charge in [0.2, 0.25) is 0 Å². The van der Waals surface area contributed by atoms with Crippen molar-refractivity contribution in [3.8, 4) is 16.9 Å². The van der Waals surface area contributed by atoms with Crippen LogP contribution in [0.5, 0.6) is 5.75 Å². The molecule has 3 N–H and O–H groups in total. The second kappa shape index (κ2) is 5.35. The summed E-state index contributed by atoms with van der Waals surface area (Å²) in [7, 11) is 5.42. The first-order valence-electron chi connectivity index (χ1n) is 6.39. The van der Waals surface area contributed by atoms with Crippen LogP contribution in [0.15, 0.2) is 48.5 Å². The SMILES string of the molecule is COc1ccc(-c2ccccc2)c([N+](C)(C)C(=N)N)c1. The first-order valence-corrected chi connectivity index (χ1v) is 6.39. The molecule has 0 saturated carbocycles. The van der Waals surface area contributed by atoms with E-state index in [1.165, 1.54) is 0 Å². The number of hydrogen-bond donors (Lipinski definition) is 2. The van der Waals surface area contributed by atoms with Crippen molar-refractivity contribution >= 4 is 11.6 Å². The van der Waals surface area contributed by atoms with Gasteiger partial charge in [0.1, 0.15) is 5.75 Å². The summed E-state index contributed by atoms with van der Waals surface area (Å²) in [6.45, 7) is 0. The highest BCUT2D eigenvalue weighted by atomic mass is 16.5. The third-order valence-electron chi connectivity index (χ3n) is 3.49. The second-order valence-corrected chi connectivity index (χ2v) is 5.09. The molecule has 0 heterocycles. The molecule has 0 aliphatic heterocycles. The molecule has 2 aromatic carbocycles. The third kappa shape index (κ3) is 2.51. The van der Waals surface area contributed by atoms with Crippen LogP contribution >= 0.6 is 0 Å². The van der Waals surface area contributed by atoms with Gasteiger partial charge >= 0.3 is 0 Å². The van der Waals surface area contributed by atoms with Crippen LogP contribution in [-0.4, -0.2) is 27.2 Å². The van der Waals surface area contributed by atoms with Gasteiger partial charge in [-0.15, -0.1) is 0 Å². The highest BCUT2D eigenvalue weighted by molar-refractivity contribution is 5.92. The van der Waals surface area contributed by atoms with Gasteiger partial charge in [0, 0.05) is 11.6 Å². The lowest BCUT2D eigenvalue weighted by Crippen LogP contribution is -2.51. The predicted octanol–water partition coefficient (Wildman–Crippen LogP) is 2.82. The van der Waals surface area contributed by atoms with E-state index in [1.807, 2.05) is 62.6 Å². The summed E-state index contributed by atoms with van der Waals surface area (Å²) in [5.41, 5.74) is 8.83. The number of ether oxygens (including phenoxy) is 1. The highest BCUT2D eigenvalue weighted by Crippen LogP contribution is 2.36. The lowest BCUT2D eigenvalue weighted by atomic mass is 10.0. The molecule has 0 aromatic heterocycles. The number of quaternary nitrogens is 1. The van der Waals surface area contributed by atoms with Gasteiger partial charge in [0.05, 0.1) is 21.2 Å². The van der Waals surface area contributed by atoms with Crippen LogP contribution in [0, 0.1) is 5.41 Å². The van der Waals surface area contributed by atoms with Crippen LogP contribution in [0.2, 0.25) is 0 Å². The number of methoxy groups -OCH3 is 1. The van der Waals surface area contributed by atoms with Crippen LogP contribution in [0.1, 0.15) is 0 Å². The lowest BCUT2D eigenvalue weighted by molar-refractivity contribution is 0.413. The summed E-state index contributed by atoms with van der Waals surface area (Å²) in [5.74, 6) is 0.836. The number of benzene rings is 2. The zero-order chi connectivity index (χ0) is 14.8. The Morgan fingerprint density at radius 1 is 1.10 bits per heavy atom. The van der Waals surface area contributed by atoms with Crippen LogP contribution in [-0.2, 0) is 0 Å². The molecule has 0 saturated heterocycles. The van der Waals surface area contributed by atoms with Crippen LogP contribution in [0.4, 0.5) is 5.69 Å². The number of guanidine groups is 1. The Bertz CT molecular complexity index is 621. The molecule has 2 rings (SSSR count). The fourth-order valence-corrected chi connectivity index (χ4v) is 2.09. The zero-order valence-electron chi connectivity index (χ0n) is 12.1. The quantitative estimate of drug-likeness (QED) is 0.512. The molecule has 0 aliphatic carbocycles. The van der Waals surface area contributed by atoms with Crippen molar-refractivity contribution in [3.63, 3.8) is 0 Å². The number of nitrogens with one attached hydrogen (secondary N) is 1. The molecular weight excluding hydrogens is 250 g/mol. The summed E-state index contributed by atoms with van der Waals surface area (Å²) >= 11 is 0. The summed E-state index contributed by atoms with van der Waals surface area (Å²) in [6, 6.07) is 15.9. The Morgan fingerprint density at radius 2 is 1.75 bits per heavy atom. The Labute approximate surface area is 119 Å². The Kier molecular flexibility index (Phi) is 3.77. The van der Waals surface area contributed by atoms with Gasteiger partial charge in [-0.05, 0) is 17.7 Å². The summed E-state index contributed by atoms with van der Waals surface area (Å²) in [6.07, 6.45) is 0. The summed E-state index contributed by atoms with van der Waals surface area (Å²) in [4.78, 5) is 0. The fraction of sp³-hybridized carbons (Fsp3) is 0.188. The Morgan fingerprint density at radius 3 is 2.30 bits per heavy atom. The first-order chi connectivity index (χ1) is 9.46. The Balaban J connectivity index is 2.67. The molecule has 0 atom stereocenters. The molecule has 0 unspecified atom stereocenters. The molecule has 0 spiro atoms. The average molecular weight is 270 g/mol. The van der Waals surface area contributed by atoms with E-state index >= 15 is 0 Å². The van der Waals surface area contributed by atoms with E-state index in [0.29, 0.717) is 0 Å². The number of hydrogen-bond acceptors (Lipinski definition) is 2. The molecule has 0 bridgehead atoms. The molecule has 0 amide bonds. The van der Waals surface area contributed by atoms with Gasteiger partial charge in [0.15, 0.2) is 5.69 Å². The minimum absolute atomic E-state index is 0.0791. The molecule has 2 aromatic rings. The maximum atomic E-state index is 7.83. The molecule has 104 valence electrons. The van der Waals surface area contributed by atoms with Crippen molar-refractivity contribution in [1.29, 1.82) is 5.41 Å². The van der Waals surface area contributed by atoms with Crippen molar-refractivity contribution in [1.82, 2.24) is 4.48 Å². The van der Waals surface area contributed by atoms with Crippen molar-refractivity contribution < 1.29 is 4.74 Å². The molecule has 4 nitrogen and oxygen atoms in total. The standard InChI is InChI=1S/C16H20N3O/c1-19(2,16(17)18)15-11-13(20-3)9-10-14(15)12-7-5-4-6-8-12/h4-11H,1-3H3,(H3,17,18)/q+1. The smallest absolute Gasteiger partial charge is 0.296 e. The molecule has 20 heavy (non-hydrogen) atoms. The zero-order valence-corrected chi connectivity index (χ0v) is 12.1. The van der Waals surface area contributed by atoms with E-state index in [4.69, 9.17) is 15.9 Å². The number of nitrogens with zero attached hydrogens (tertiary/aromatic N) is 1. The minimum Gasteiger partial charge on any atom is -0.497 e. The summed E-state index contributed by atoms with van der Waals surface area (Å²) in [5, 5.41) is 7.83. The average Bonchev–Trinajstić information content (AvgIpc) is 2.47. The highest BCUT2D eigenvalue weighted by Gasteiger charge is 2.28. The predicted molar refractivity (Wildman–Crippen MR) is 84.0 cm³/mol. The largest absolute Gasteiger partial charge is 0.497 e. The molecule has 0 fully saturated rings. The van der Waals surface area contributed by atoms with Crippen LogP contribution in [0.25, 0.3) is 11.1 Å². The third-order valence-corrected chi connectivity index (χ3v) is 3.49. The van der Waals surface area contributed by atoms with Crippen molar-refractivity contribution in [2.24, 2.45) is 5.73 Å². The van der Waals surface area contributed by atoms with Gasteiger partial charge in [-0.3, -0.25) is 0 Å². The molecule has 4 heteroatoms. The van der Waals surface area contributed by atoms with E-state index in [2.05, 4.69) is 0 Å². The van der Waals surface area contributed by atoms with Gasteiger partial charge in [-0.25, -0.2) is 9.89 Å². The van der Waals surface area contributed by atoms with Crippen molar-refractivity contribution in [2.45, 2.75) is 0 Å². The summed E-state index contributed by atoms with van der Waals surface area (Å²) < 4.78 is 5.48.